The van der Waals surface area contributed by atoms with Crippen molar-refractivity contribution in [3.8, 4) is 0 Å². The molecule has 0 saturated carbocycles. The van der Waals surface area contributed by atoms with Crippen LogP contribution in [0.4, 0.5) is 4.79 Å². The number of carbonyl (C=O) groups is 3. The summed E-state index contributed by atoms with van der Waals surface area (Å²) in [7, 11) is 1.54. The number of nitrogens with one attached hydrogen (secondary N) is 1. The Morgan fingerprint density at radius 1 is 1.45 bits per heavy atom. The van der Waals surface area contributed by atoms with E-state index in [0.29, 0.717) is 32.5 Å². The third-order valence-corrected chi connectivity index (χ3v) is 3.88. The SMILES string of the molecule is CCCC1C(=O)NC(=O)N(CC2(OC)CCOC2)C1=O. The van der Waals surface area contributed by atoms with Crippen LogP contribution in [-0.4, -0.2) is 55.2 Å². The van der Waals surface area contributed by atoms with E-state index in [1.165, 1.54) is 7.11 Å². The maximum atomic E-state index is 12.3. The Kier molecular flexibility index (Phi) is 4.39. The molecule has 0 aliphatic carbocycles. The summed E-state index contributed by atoms with van der Waals surface area (Å²) >= 11 is 0. The Bertz CT molecular complexity index is 417. The van der Waals surface area contributed by atoms with E-state index in [0.717, 1.165) is 4.90 Å². The van der Waals surface area contributed by atoms with Crippen molar-refractivity contribution in [2.24, 2.45) is 5.92 Å². The second-order valence-electron chi connectivity index (χ2n) is 5.25. The first-order valence-electron chi connectivity index (χ1n) is 6.82. The third-order valence-electron chi connectivity index (χ3n) is 3.88. The summed E-state index contributed by atoms with van der Waals surface area (Å²) in [5.41, 5.74) is -0.663. The minimum absolute atomic E-state index is 0.113. The number of ether oxygens (including phenoxy) is 2. The lowest BCUT2D eigenvalue weighted by Crippen LogP contribution is -2.61. The molecule has 7 nitrogen and oxygen atoms in total. The molecule has 0 spiro atoms. The van der Waals surface area contributed by atoms with Crippen molar-refractivity contribution >= 4 is 17.8 Å². The number of barbiturate groups is 1. The van der Waals surface area contributed by atoms with Crippen LogP contribution < -0.4 is 5.32 Å². The number of nitrogens with zero attached hydrogens (tertiary/aromatic N) is 1. The first-order chi connectivity index (χ1) is 9.53. The predicted octanol–water partition coefficient (Wildman–Crippen LogP) is 0.287. The van der Waals surface area contributed by atoms with Crippen molar-refractivity contribution in [2.45, 2.75) is 31.8 Å². The minimum atomic E-state index is -0.783. The molecular weight excluding hydrogens is 264 g/mol. The smallest absolute Gasteiger partial charge is 0.330 e. The molecule has 2 aliphatic rings. The van der Waals surface area contributed by atoms with Crippen LogP contribution in [0.2, 0.25) is 0 Å². The normalized spacial score (nSPS) is 30.8. The lowest BCUT2D eigenvalue weighted by molar-refractivity contribution is -0.145. The van der Waals surface area contributed by atoms with Gasteiger partial charge in [-0.15, -0.1) is 0 Å². The van der Waals surface area contributed by atoms with E-state index >= 15 is 0 Å². The van der Waals surface area contributed by atoms with Gasteiger partial charge in [-0.25, -0.2) is 4.79 Å². The second kappa shape index (κ2) is 5.88. The van der Waals surface area contributed by atoms with Gasteiger partial charge in [-0.2, -0.15) is 0 Å². The van der Waals surface area contributed by atoms with Crippen molar-refractivity contribution in [2.75, 3.05) is 26.9 Å². The number of rotatable bonds is 5. The Morgan fingerprint density at radius 3 is 2.75 bits per heavy atom. The molecule has 20 heavy (non-hydrogen) atoms. The van der Waals surface area contributed by atoms with E-state index in [-0.39, 0.29) is 6.54 Å². The van der Waals surface area contributed by atoms with Crippen LogP contribution in [-0.2, 0) is 19.1 Å². The monoisotopic (exact) mass is 284 g/mol. The first-order valence-corrected chi connectivity index (χ1v) is 6.82. The summed E-state index contributed by atoms with van der Waals surface area (Å²) in [6.45, 7) is 2.88. The molecule has 2 saturated heterocycles. The van der Waals surface area contributed by atoms with Crippen molar-refractivity contribution in [3.05, 3.63) is 0 Å². The summed E-state index contributed by atoms with van der Waals surface area (Å²) in [6.07, 6.45) is 1.75. The molecule has 0 bridgehead atoms. The summed E-state index contributed by atoms with van der Waals surface area (Å²) in [5, 5.41) is 2.24. The number of methoxy groups -OCH3 is 1. The fourth-order valence-corrected chi connectivity index (χ4v) is 2.58. The Hall–Kier alpha value is -1.47. The molecule has 2 atom stereocenters. The quantitative estimate of drug-likeness (QED) is 0.733. The molecule has 0 radical (unpaired) electrons. The lowest BCUT2D eigenvalue weighted by atomic mass is 9.96. The van der Waals surface area contributed by atoms with Gasteiger partial charge in [0.15, 0.2) is 0 Å². The molecule has 2 fully saturated rings. The molecule has 2 heterocycles. The van der Waals surface area contributed by atoms with Gasteiger partial charge in [-0.05, 0) is 6.42 Å². The van der Waals surface area contributed by atoms with Gasteiger partial charge in [0.05, 0.1) is 13.2 Å². The lowest BCUT2D eigenvalue weighted by Gasteiger charge is -2.36. The van der Waals surface area contributed by atoms with Gasteiger partial charge in [0.1, 0.15) is 11.5 Å². The molecule has 0 aromatic rings. The minimum Gasteiger partial charge on any atom is -0.378 e. The van der Waals surface area contributed by atoms with Gasteiger partial charge in [-0.1, -0.05) is 13.3 Å². The number of imide groups is 2. The van der Waals surface area contributed by atoms with Crippen molar-refractivity contribution < 1.29 is 23.9 Å². The standard InChI is InChI=1S/C13H20N2O5/c1-3-4-9-10(16)14-12(18)15(11(9)17)7-13(19-2)5-6-20-8-13/h9H,3-8H2,1-2H3,(H,14,16,18). The summed E-state index contributed by atoms with van der Waals surface area (Å²) in [6, 6.07) is -0.671. The number of carbonyl (C=O) groups excluding carboxylic acids is 3. The summed E-state index contributed by atoms with van der Waals surface area (Å²) in [4.78, 5) is 37.0. The van der Waals surface area contributed by atoms with Crippen LogP contribution in [0.25, 0.3) is 0 Å². The molecule has 2 aliphatic heterocycles. The van der Waals surface area contributed by atoms with Crippen molar-refractivity contribution in [3.63, 3.8) is 0 Å². The number of urea groups is 1. The maximum absolute atomic E-state index is 12.3. The fraction of sp³-hybridized carbons (Fsp3) is 0.769. The Labute approximate surface area is 117 Å². The predicted molar refractivity (Wildman–Crippen MR) is 68.8 cm³/mol. The molecule has 0 aromatic heterocycles. The molecular formula is C13H20N2O5. The highest BCUT2D eigenvalue weighted by Gasteiger charge is 2.45. The Morgan fingerprint density at radius 2 is 2.20 bits per heavy atom. The van der Waals surface area contributed by atoms with Crippen LogP contribution in [0.15, 0.2) is 0 Å². The highest BCUT2D eigenvalue weighted by molar-refractivity contribution is 6.16. The van der Waals surface area contributed by atoms with E-state index in [1.54, 1.807) is 0 Å². The van der Waals surface area contributed by atoms with Gasteiger partial charge in [0, 0.05) is 20.1 Å². The van der Waals surface area contributed by atoms with Crippen molar-refractivity contribution in [1.82, 2.24) is 10.2 Å². The number of hydrogen-bond acceptors (Lipinski definition) is 5. The van der Waals surface area contributed by atoms with Crippen LogP contribution in [0.5, 0.6) is 0 Å². The maximum Gasteiger partial charge on any atom is 0.330 e. The van der Waals surface area contributed by atoms with E-state index in [4.69, 9.17) is 9.47 Å². The van der Waals surface area contributed by atoms with Crippen LogP contribution in [0.1, 0.15) is 26.2 Å². The van der Waals surface area contributed by atoms with Gasteiger partial charge in [0.25, 0.3) is 0 Å². The number of hydrogen-bond donors (Lipinski definition) is 1. The molecule has 7 heteroatoms. The van der Waals surface area contributed by atoms with Gasteiger partial charge >= 0.3 is 6.03 Å². The molecule has 112 valence electrons. The molecule has 1 N–H and O–H groups in total. The van der Waals surface area contributed by atoms with Crippen LogP contribution in [0.3, 0.4) is 0 Å². The van der Waals surface area contributed by atoms with E-state index in [1.807, 2.05) is 6.92 Å². The zero-order valence-electron chi connectivity index (χ0n) is 11.8. The van der Waals surface area contributed by atoms with Gasteiger partial charge < -0.3 is 9.47 Å². The molecule has 4 amide bonds. The van der Waals surface area contributed by atoms with Crippen LogP contribution in [0, 0.1) is 5.92 Å². The number of amides is 4. The average Bonchev–Trinajstić information content (AvgIpc) is 2.89. The van der Waals surface area contributed by atoms with Gasteiger partial charge in [-0.3, -0.25) is 19.8 Å². The summed E-state index contributed by atoms with van der Waals surface area (Å²) in [5.74, 6) is -1.73. The van der Waals surface area contributed by atoms with E-state index < -0.39 is 29.4 Å². The van der Waals surface area contributed by atoms with Crippen LogP contribution >= 0.6 is 0 Å². The highest BCUT2D eigenvalue weighted by Crippen LogP contribution is 2.26. The fourth-order valence-electron chi connectivity index (χ4n) is 2.58. The third kappa shape index (κ3) is 2.69. The van der Waals surface area contributed by atoms with Gasteiger partial charge in [0.2, 0.25) is 11.8 Å². The Balaban J connectivity index is 2.14. The zero-order chi connectivity index (χ0) is 14.8. The van der Waals surface area contributed by atoms with Crippen molar-refractivity contribution in [1.29, 1.82) is 0 Å². The average molecular weight is 284 g/mol. The first kappa shape index (κ1) is 14.9. The topological polar surface area (TPSA) is 84.9 Å². The second-order valence-corrected chi connectivity index (χ2v) is 5.25. The van der Waals surface area contributed by atoms with E-state index in [2.05, 4.69) is 5.32 Å². The molecule has 0 aromatic carbocycles. The van der Waals surface area contributed by atoms with E-state index in [9.17, 15) is 14.4 Å². The summed E-state index contributed by atoms with van der Waals surface area (Å²) < 4.78 is 10.7. The molecule has 2 unspecified atom stereocenters. The highest BCUT2D eigenvalue weighted by atomic mass is 16.5. The molecule has 2 rings (SSSR count). The largest absolute Gasteiger partial charge is 0.378 e. The zero-order valence-corrected chi connectivity index (χ0v) is 11.8.